The average molecular weight is 875 g/mol. The molecule has 0 aromatic carbocycles. The molecule has 0 heterocycles. The standard InChI is InChI=1S/C57H94O6/c1-4-7-10-13-16-19-22-25-28-31-34-37-40-43-46-49-55(58)61-52-54(63-57(60)51-48-45-42-39-36-33-30-27-24-21-18-15-12-9-6-3)53-62-56(59)50-47-44-41-38-35-32-29-26-23-20-17-14-11-8-5-2/h9,12,16,18-19,21,25-30,34,36-37,39,54H,4-8,10-11,13-15,17,20,22-24,31-33,35,38,40-53H2,1-3H3/b12-9-,19-16-,21-18-,28-25-,29-26-,30-27-,37-34-,39-36-/t54-/m1/s1. The van der Waals surface area contributed by atoms with Crippen LogP contribution in [0, 0.1) is 0 Å². The summed E-state index contributed by atoms with van der Waals surface area (Å²) in [6.45, 7) is 6.40. The lowest BCUT2D eigenvalue weighted by Crippen LogP contribution is -2.30. The molecule has 0 fully saturated rings. The van der Waals surface area contributed by atoms with Gasteiger partial charge in [0.1, 0.15) is 13.2 Å². The number of allylic oxidation sites excluding steroid dienone is 16. The van der Waals surface area contributed by atoms with Crippen molar-refractivity contribution in [3.63, 3.8) is 0 Å². The van der Waals surface area contributed by atoms with E-state index in [0.717, 1.165) is 103 Å². The molecule has 0 saturated carbocycles. The lowest BCUT2D eigenvalue weighted by molar-refractivity contribution is -0.167. The maximum atomic E-state index is 12.8. The average Bonchev–Trinajstić information content (AvgIpc) is 3.28. The van der Waals surface area contributed by atoms with Gasteiger partial charge in [-0.1, -0.05) is 182 Å². The molecule has 0 bridgehead atoms. The van der Waals surface area contributed by atoms with Gasteiger partial charge in [0.2, 0.25) is 0 Å². The Hall–Kier alpha value is -3.67. The third kappa shape index (κ3) is 49.2. The van der Waals surface area contributed by atoms with Crippen molar-refractivity contribution in [1.82, 2.24) is 0 Å². The fraction of sp³-hybridized carbons (Fsp3) is 0.667. The monoisotopic (exact) mass is 875 g/mol. The van der Waals surface area contributed by atoms with E-state index in [2.05, 4.69) is 118 Å². The van der Waals surface area contributed by atoms with Crippen LogP contribution >= 0.6 is 0 Å². The quantitative estimate of drug-likeness (QED) is 0.0262. The molecule has 0 amide bonds. The van der Waals surface area contributed by atoms with Gasteiger partial charge in [0.25, 0.3) is 0 Å². The van der Waals surface area contributed by atoms with Crippen LogP contribution in [0.2, 0.25) is 0 Å². The van der Waals surface area contributed by atoms with Gasteiger partial charge in [-0.15, -0.1) is 0 Å². The Balaban J connectivity index is 4.54. The summed E-state index contributed by atoms with van der Waals surface area (Å²) in [5.41, 5.74) is 0. The third-order valence-corrected chi connectivity index (χ3v) is 10.5. The Morgan fingerprint density at radius 1 is 0.333 bits per heavy atom. The molecule has 6 nitrogen and oxygen atoms in total. The minimum Gasteiger partial charge on any atom is -0.462 e. The highest BCUT2D eigenvalue weighted by molar-refractivity contribution is 5.71. The second-order valence-corrected chi connectivity index (χ2v) is 16.7. The topological polar surface area (TPSA) is 78.9 Å². The first-order chi connectivity index (χ1) is 31.0. The number of unbranched alkanes of at least 4 members (excludes halogenated alkanes) is 18. The van der Waals surface area contributed by atoms with Crippen molar-refractivity contribution in [3.05, 3.63) is 97.2 Å². The molecule has 0 aromatic rings. The molecule has 0 rings (SSSR count). The fourth-order valence-corrected chi connectivity index (χ4v) is 6.67. The zero-order valence-corrected chi connectivity index (χ0v) is 40.8. The lowest BCUT2D eigenvalue weighted by atomic mass is 10.1. The van der Waals surface area contributed by atoms with Crippen molar-refractivity contribution in [2.75, 3.05) is 13.2 Å². The Labute approximate surface area is 387 Å². The number of esters is 3. The van der Waals surface area contributed by atoms with Crippen molar-refractivity contribution in [3.8, 4) is 0 Å². The Morgan fingerprint density at radius 2 is 0.619 bits per heavy atom. The van der Waals surface area contributed by atoms with Crippen LogP contribution in [0.4, 0.5) is 0 Å². The normalized spacial score (nSPS) is 12.9. The van der Waals surface area contributed by atoms with E-state index in [9.17, 15) is 14.4 Å². The molecule has 0 N–H and O–H groups in total. The SMILES string of the molecule is CC/C=C\C/C=C\C/C=C\C/C=C\CCCCC(=O)O[C@H](COC(=O)CCCC/C=C\C/C=C\C/C=C\CCCCC)COC(=O)CCCCCCC/C=C\CCCCCCCC. The van der Waals surface area contributed by atoms with Gasteiger partial charge in [0.05, 0.1) is 0 Å². The lowest BCUT2D eigenvalue weighted by Gasteiger charge is -2.18. The first-order valence-corrected chi connectivity index (χ1v) is 25.7. The second kappa shape index (κ2) is 51.0. The van der Waals surface area contributed by atoms with Gasteiger partial charge in [-0.25, -0.2) is 0 Å². The molecule has 63 heavy (non-hydrogen) atoms. The van der Waals surface area contributed by atoms with Gasteiger partial charge >= 0.3 is 17.9 Å². The van der Waals surface area contributed by atoms with E-state index in [0.29, 0.717) is 19.3 Å². The number of carbonyl (C=O) groups is 3. The van der Waals surface area contributed by atoms with Crippen LogP contribution in [0.25, 0.3) is 0 Å². The van der Waals surface area contributed by atoms with Crippen LogP contribution < -0.4 is 0 Å². The van der Waals surface area contributed by atoms with Crippen molar-refractivity contribution in [2.24, 2.45) is 0 Å². The van der Waals surface area contributed by atoms with Crippen LogP contribution in [0.5, 0.6) is 0 Å². The van der Waals surface area contributed by atoms with Crippen LogP contribution in [-0.4, -0.2) is 37.2 Å². The summed E-state index contributed by atoms with van der Waals surface area (Å²) < 4.78 is 16.7. The third-order valence-electron chi connectivity index (χ3n) is 10.5. The van der Waals surface area contributed by atoms with E-state index < -0.39 is 6.10 Å². The number of rotatable bonds is 45. The molecule has 0 unspecified atom stereocenters. The molecular formula is C57H94O6. The molecule has 0 radical (unpaired) electrons. The molecule has 0 aliphatic heterocycles. The van der Waals surface area contributed by atoms with Crippen LogP contribution in [-0.2, 0) is 28.6 Å². The summed E-state index contributed by atoms with van der Waals surface area (Å²) in [4.78, 5) is 38.0. The number of hydrogen-bond acceptors (Lipinski definition) is 6. The van der Waals surface area contributed by atoms with E-state index in [1.165, 1.54) is 77.0 Å². The molecule has 1 atom stereocenters. The van der Waals surface area contributed by atoms with Crippen molar-refractivity contribution in [1.29, 1.82) is 0 Å². The zero-order chi connectivity index (χ0) is 45.8. The van der Waals surface area contributed by atoms with Gasteiger partial charge in [-0.05, 0) is 122 Å². The summed E-state index contributed by atoms with van der Waals surface area (Å²) in [6, 6.07) is 0. The fourth-order valence-electron chi connectivity index (χ4n) is 6.67. The van der Waals surface area contributed by atoms with Gasteiger partial charge in [-0.3, -0.25) is 14.4 Å². The largest absolute Gasteiger partial charge is 0.462 e. The van der Waals surface area contributed by atoms with E-state index in [1.807, 2.05) is 0 Å². The van der Waals surface area contributed by atoms with E-state index in [1.54, 1.807) is 0 Å². The number of carbonyl (C=O) groups excluding carboxylic acids is 3. The van der Waals surface area contributed by atoms with Crippen LogP contribution in [0.15, 0.2) is 97.2 Å². The van der Waals surface area contributed by atoms with Gasteiger partial charge in [0.15, 0.2) is 6.10 Å². The molecule has 0 aromatic heterocycles. The zero-order valence-electron chi connectivity index (χ0n) is 40.8. The summed E-state index contributed by atoms with van der Waals surface area (Å²) in [5.74, 6) is -1.01. The molecular weight excluding hydrogens is 781 g/mol. The minimum atomic E-state index is -0.818. The van der Waals surface area contributed by atoms with Gasteiger partial charge in [0, 0.05) is 19.3 Å². The minimum absolute atomic E-state index is 0.112. The van der Waals surface area contributed by atoms with Crippen LogP contribution in [0.3, 0.4) is 0 Å². The Kier molecular flexibility index (Phi) is 48.0. The number of hydrogen-bond donors (Lipinski definition) is 0. The van der Waals surface area contributed by atoms with Crippen molar-refractivity contribution < 1.29 is 28.6 Å². The highest BCUT2D eigenvalue weighted by Gasteiger charge is 2.19. The Morgan fingerprint density at radius 3 is 1.05 bits per heavy atom. The van der Waals surface area contributed by atoms with Crippen LogP contribution in [0.1, 0.15) is 226 Å². The highest BCUT2D eigenvalue weighted by atomic mass is 16.6. The van der Waals surface area contributed by atoms with Crippen molar-refractivity contribution >= 4 is 17.9 Å². The summed E-state index contributed by atoms with van der Waals surface area (Å²) in [6.07, 6.45) is 66.8. The molecule has 0 aliphatic rings. The maximum Gasteiger partial charge on any atom is 0.306 e. The smallest absolute Gasteiger partial charge is 0.306 e. The van der Waals surface area contributed by atoms with E-state index >= 15 is 0 Å². The number of ether oxygens (including phenoxy) is 3. The van der Waals surface area contributed by atoms with Gasteiger partial charge < -0.3 is 14.2 Å². The first kappa shape index (κ1) is 59.3. The molecule has 6 heteroatoms. The molecule has 0 spiro atoms. The molecule has 0 aliphatic carbocycles. The summed E-state index contributed by atoms with van der Waals surface area (Å²) >= 11 is 0. The molecule has 358 valence electrons. The summed E-state index contributed by atoms with van der Waals surface area (Å²) in [5, 5.41) is 0. The first-order valence-electron chi connectivity index (χ1n) is 25.7. The summed E-state index contributed by atoms with van der Waals surface area (Å²) in [7, 11) is 0. The van der Waals surface area contributed by atoms with Gasteiger partial charge in [-0.2, -0.15) is 0 Å². The maximum absolute atomic E-state index is 12.8. The second-order valence-electron chi connectivity index (χ2n) is 16.7. The van der Waals surface area contributed by atoms with E-state index in [4.69, 9.17) is 14.2 Å². The predicted octanol–water partition coefficient (Wildman–Crippen LogP) is 17.0. The predicted molar refractivity (Wildman–Crippen MR) is 270 cm³/mol. The molecule has 0 saturated heterocycles. The highest BCUT2D eigenvalue weighted by Crippen LogP contribution is 2.12. The van der Waals surface area contributed by atoms with Crippen molar-refractivity contribution in [2.45, 2.75) is 232 Å². The van der Waals surface area contributed by atoms with E-state index in [-0.39, 0.29) is 37.5 Å². The Bertz CT molecular complexity index is 1280.